The van der Waals surface area contributed by atoms with Crippen LogP contribution in [0.15, 0.2) is 30.3 Å². The molecule has 1 rings (SSSR count). The SMILES string of the molecule is CCC(CC)N(CCO)C(=O)Oc1ccccc1. The molecule has 4 nitrogen and oxygen atoms in total. The van der Waals surface area contributed by atoms with Crippen molar-refractivity contribution < 1.29 is 14.6 Å². The lowest BCUT2D eigenvalue weighted by atomic mass is 10.1. The van der Waals surface area contributed by atoms with Crippen molar-refractivity contribution in [3.8, 4) is 5.75 Å². The lowest BCUT2D eigenvalue weighted by molar-refractivity contribution is 0.113. The Balaban J connectivity index is 2.70. The Bertz CT molecular complexity index is 349. The number of carbonyl (C=O) groups excluding carboxylic acids is 1. The highest BCUT2D eigenvalue weighted by Crippen LogP contribution is 2.14. The molecule has 0 saturated carbocycles. The number of amides is 1. The van der Waals surface area contributed by atoms with E-state index in [0.717, 1.165) is 12.8 Å². The normalized spacial score (nSPS) is 10.4. The van der Waals surface area contributed by atoms with E-state index in [9.17, 15) is 4.79 Å². The number of rotatable bonds is 6. The second-order valence-corrected chi connectivity index (χ2v) is 4.07. The minimum Gasteiger partial charge on any atom is -0.410 e. The third kappa shape index (κ3) is 4.04. The van der Waals surface area contributed by atoms with Crippen LogP contribution in [0.25, 0.3) is 0 Å². The fourth-order valence-corrected chi connectivity index (χ4v) is 1.91. The van der Waals surface area contributed by atoms with Crippen LogP contribution in [0.3, 0.4) is 0 Å². The molecule has 1 aromatic carbocycles. The van der Waals surface area contributed by atoms with E-state index in [-0.39, 0.29) is 12.6 Å². The zero-order valence-corrected chi connectivity index (χ0v) is 11.0. The zero-order valence-electron chi connectivity index (χ0n) is 11.0. The van der Waals surface area contributed by atoms with Gasteiger partial charge in [0.2, 0.25) is 0 Å². The van der Waals surface area contributed by atoms with Crippen molar-refractivity contribution in [1.82, 2.24) is 4.90 Å². The van der Waals surface area contributed by atoms with E-state index in [1.54, 1.807) is 17.0 Å². The van der Waals surface area contributed by atoms with Gasteiger partial charge in [0.05, 0.1) is 6.61 Å². The van der Waals surface area contributed by atoms with E-state index in [4.69, 9.17) is 9.84 Å². The summed E-state index contributed by atoms with van der Waals surface area (Å²) in [5, 5.41) is 9.04. The first kappa shape index (κ1) is 14.5. The minimum atomic E-state index is -0.399. The maximum absolute atomic E-state index is 12.1. The fraction of sp³-hybridized carbons (Fsp3) is 0.500. The Morgan fingerprint density at radius 2 is 1.89 bits per heavy atom. The van der Waals surface area contributed by atoms with Crippen molar-refractivity contribution in [2.24, 2.45) is 0 Å². The van der Waals surface area contributed by atoms with Crippen LogP contribution in [-0.2, 0) is 0 Å². The highest BCUT2D eigenvalue weighted by Gasteiger charge is 2.22. The fourth-order valence-electron chi connectivity index (χ4n) is 1.91. The summed E-state index contributed by atoms with van der Waals surface area (Å²) in [6.45, 7) is 4.29. The van der Waals surface area contributed by atoms with Crippen LogP contribution < -0.4 is 4.74 Å². The van der Waals surface area contributed by atoms with Crippen molar-refractivity contribution >= 4 is 6.09 Å². The number of carbonyl (C=O) groups is 1. The summed E-state index contributed by atoms with van der Waals surface area (Å²) in [7, 11) is 0. The second kappa shape index (κ2) is 7.71. The number of aliphatic hydroxyl groups is 1. The van der Waals surface area contributed by atoms with Crippen molar-refractivity contribution in [3.63, 3.8) is 0 Å². The highest BCUT2D eigenvalue weighted by molar-refractivity contribution is 5.71. The molecule has 1 aromatic rings. The Labute approximate surface area is 108 Å². The summed E-state index contributed by atoms with van der Waals surface area (Å²) in [5.41, 5.74) is 0. The van der Waals surface area contributed by atoms with Gasteiger partial charge in [0, 0.05) is 12.6 Å². The van der Waals surface area contributed by atoms with Crippen molar-refractivity contribution in [2.75, 3.05) is 13.2 Å². The van der Waals surface area contributed by atoms with Crippen LogP contribution in [0.1, 0.15) is 26.7 Å². The summed E-state index contributed by atoms with van der Waals surface area (Å²) in [6.07, 6.45) is 1.30. The molecule has 1 N–H and O–H groups in total. The van der Waals surface area contributed by atoms with Gasteiger partial charge >= 0.3 is 6.09 Å². The summed E-state index contributed by atoms with van der Waals surface area (Å²) in [4.78, 5) is 13.6. The van der Waals surface area contributed by atoms with Gasteiger partial charge in [-0.3, -0.25) is 0 Å². The summed E-state index contributed by atoms with van der Waals surface area (Å²) in [5.74, 6) is 0.524. The topological polar surface area (TPSA) is 49.8 Å². The van der Waals surface area contributed by atoms with E-state index < -0.39 is 6.09 Å². The van der Waals surface area contributed by atoms with Gasteiger partial charge < -0.3 is 14.7 Å². The minimum absolute atomic E-state index is 0.0552. The monoisotopic (exact) mass is 251 g/mol. The van der Waals surface area contributed by atoms with Crippen LogP contribution in [-0.4, -0.2) is 35.3 Å². The first-order valence-electron chi connectivity index (χ1n) is 6.37. The molecule has 1 amide bonds. The van der Waals surface area contributed by atoms with Gasteiger partial charge in [0.15, 0.2) is 0 Å². The molecule has 0 spiro atoms. The Morgan fingerprint density at radius 3 is 2.39 bits per heavy atom. The van der Waals surface area contributed by atoms with Crippen LogP contribution in [0.5, 0.6) is 5.75 Å². The van der Waals surface area contributed by atoms with E-state index >= 15 is 0 Å². The smallest absolute Gasteiger partial charge is 0.410 e. The molecule has 0 unspecified atom stereocenters. The molecule has 4 heteroatoms. The number of hydrogen-bond acceptors (Lipinski definition) is 3. The van der Waals surface area contributed by atoms with Gasteiger partial charge in [-0.15, -0.1) is 0 Å². The molecule has 0 aliphatic heterocycles. The lowest BCUT2D eigenvalue weighted by Crippen LogP contribution is -2.43. The molecule has 0 atom stereocenters. The van der Waals surface area contributed by atoms with Crippen LogP contribution in [0.2, 0.25) is 0 Å². The van der Waals surface area contributed by atoms with Gasteiger partial charge in [0.1, 0.15) is 5.75 Å². The largest absolute Gasteiger partial charge is 0.415 e. The first-order chi connectivity index (χ1) is 8.72. The van der Waals surface area contributed by atoms with E-state index in [1.807, 2.05) is 32.0 Å². The molecule has 0 bridgehead atoms. The standard InChI is InChI=1S/C14H21NO3/c1-3-12(4-2)15(10-11-16)14(17)18-13-8-6-5-7-9-13/h5-9,12,16H,3-4,10-11H2,1-2H3. The molecule has 0 aromatic heterocycles. The van der Waals surface area contributed by atoms with Crippen LogP contribution in [0.4, 0.5) is 4.79 Å². The molecular weight excluding hydrogens is 230 g/mol. The van der Waals surface area contributed by atoms with E-state index in [1.165, 1.54) is 0 Å². The molecular formula is C14H21NO3. The summed E-state index contributed by atoms with van der Waals surface area (Å²) >= 11 is 0. The maximum atomic E-state index is 12.1. The van der Waals surface area contributed by atoms with Gasteiger partial charge in [-0.1, -0.05) is 32.0 Å². The first-order valence-corrected chi connectivity index (χ1v) is 6.37. The van der Waals surface area contributed by atoms with Gasteiger partial charge in [0.25, 0.3) is 0 Å². The predicted octanol–water partition coefficient (Wildman–Crippen LogP) is 2.67. The number of ether oxygens (including phenoxy) is 1. The van der Waals surface area contributed by atoms with Crippen LogP contribution >= 0.6 is 0 Å². The number of benzene rings is 1. The van der Waals surface area contributed by atoms with Crippen molar-refractivity contribution in [3.05, 3.63) is 30.3 Å². The lowest BCUT2D eigenvalue weighted by Gasteiger charge is -2.28. The Kier molecular flexibility index (Phi) is 6.22. The average molecular weight is 251 g/mol. The molecule has 18 heavy (non-hydrogen) atoms. The molecule has 0 radical (unpaired) electrons. The quantitative estimate of drug-likeness (QED) is 0.845. The van der Waals surface area contributed by atoms with Crippen molar-refractivity contribution in [1.29, 1.82) is 0 Å². The Hall–Kier alpha value is -1.55. The van der Waals surface area contributed by atoms with Crippen LogP contribution in [0, 0.1) is 0 Å². The van der Waals surface area contributed by atoms with Gasteiger partial charge in [-0.2, -0.15) is 0 Å². The third-order valence-electron chi connectivity index (χ3n) is 2.91. The molecule has 0 aliphatic rings. The van der Waals surface area contributed by atoms with E-state index in [0.29, 0.717) is 12.3 Å². The third-order valence-corrected chi connectivity index (χ3v) is 2.91. The van der Waals surface area contributed by atoms with Gasteiger partial charge in [-0.25, -0.2) is 4.79 Å². The molecule has 0 aliphatic carbocycles. The predicted molar refractivity (Wildman–Crippen MR) is 70.6 cm³/mol. The molecule has 0 fully saturated rings. The highest BCUT2D eigenvalue weighted by atomic mass is 16.6. The summed E-state index contributed by atoms with van der Waals surface area (Å²) in [6, 6.07) is 9.08. The van der Waals surface area contributed by atoms with Gasteiger partial charge in [-0.05, 0) is 25.0 Å². The number of hydrogen-bond donors (Lipinski definition) is 1. The van der Waals surface area contributed by atoms with E-state index in [2.05, 4.69) is 0 Å². The average Bonchev–Trinajstić information content (AvgIpc) is 2.40. The summed E-state index contributed by atoms with van der Waals surface area (Å²) < 4.78 is 5.29. The number of aliphatic hydroxyl groups excluding tert-OH is 1. The molecule has 100 valence electrons. The maximum Gasteiger partial charge on any atom is 0.415 e. The van der Waals surface area contributed by atoms with Crippen molar-refractivity contribution in [2.45, 2.75) is 32.7 Å². The number of nitrogens with zero attached hydrogens (tertiary/aromatic N) is 1. The molecule has 0 saturated heterocycles. The zero-order chi connectivity index (χ0) is 13.4. The number of para-hydroxylation sites is 1. The Morgan fingerprint density at radius 1 is 1.28 bits per heavy atom. The second-order valence-electron chi connectivity index (χ2n) is 4.07. The molecule has 0 heterocycles.